The first-order valence-corrected chi connectivity index (χ1v) is 8.39. The van der Waals surface area contributed by atoms with Gasteiger partial charge >= 0.3 is 0 Å². The second kappa shape index (κ2) is 7.81. The lowest BCUT2D eigenvalue weighted by molar-refractivity contribution is -0.133. The Morgan fingerprint density at radius 2 is 2.00 bits per heavy atom. The molecule has 2 saturated heterocycles. The average Bonchev–Trinajstić information content (AvgIpc) is 3.07. The summed E-state index contributed by atoms with van der Waals surface area (Å²) in [5.41, 5.74) is 0.943. The van der Waals surface area contributed by atoms with Crippen LogP contribution in [0, 0.1) is 0 Å². The van der Waals surface area contributed by atoms with Gasteiger partial charge in [0, 0.05) is 45.5 Å². The van der Waals surface area contributed by atoms with E-state index >= 15 is 0 Å². The minimum atomic E-state index is 0.0983. The maximum absolute atomic E-state index is 12.7. The van der Waals surface area contributed by atoms with Crippen molar-refractivity contribution in [1.29, 1.82) is 0 Å². The lowest BCUT2D eigenvalue weighted by atomic mass is 10.1. The van der Waals surface area contributed by atoms with Gasteiger partial charge < -0.3 is 10.0 Å². The van der Waals surface area contributed by atoms with Crippen LogP contribution >= 0.6 is 0 Å². The fourth-order valence-corrected chi connectivity index (χ4v) is 3.47. The minimum Gasteiger partial charge on any atom is -0.395 e. The molecule has 0 radical (unpaired) electrons. The highest BCUT2D eigenvalue weighted by Crippen LogP contribution is 2.30. The molecule has 0 saturated carbocycles. The van der Waals surface area contributed by atoms with Crippen LogP contribution in [0.3, 0.4) is 0 Å². The Bertz CT molecular complexity index is 504. The molecule has 7 heteroatoms. The predicted molar refractivity (Wildman–Crippen MR) is 85.7 cm³/mol. The van der Waals surface area contributed by atoms with Crippen molar-refractivity contribution in [3.8, 4) is 0 Å². The van der Waals surface area contributed by atoms with Gasteiger partial charge in [-0.15, -0.1) is 0 Å². The first kappa shape index (κ1) is 16.3. The smallest absolute Gasteiger partial charge is 0.237 e. The van der Waals surface area contributed by atoms with E-state index in [2.05, 4.69) is 19.8 Å². The van der Waals surface area contributed by atoms with Gasteiger partial charge in [-0.25, -0.2) is 9.97 Å². The highest BCUT2D eigenvalue weighted by atomic mass is 16.3. The van der Waals surface area contributed by atoms with Crippen molar-refractivity contribution < 1.29 is 9.90 Å². The van der Waals surface area contributed by atoms with Crippen molar-refractivity contribution in [2.75, 3.05) is 52.4 Å². The molecule has 2 aliphatic rings. The molecule has 1 atom stereocenters. The van der Waals surface area contributed by atoms with Gasteiger partial charge in [0.15, 0.2) is 0 Å². The fourth-order valence-electron chi connectivity index (χ4n) is 3.47. The van der Waals surface area contributed by atoms with Gasteiger partial charge in [-0.05, 0) is 18.9 Å². The number of aromatic nitrogens is 2. The number of likely N-dealkylation sites (tertiary alicyclic amines) is 1. The number of carbonyl (C=O) groups is 1. The van der Waals surface area contributed by atoms with Gasteiger partial charge in [0.05, 0.1) is 24.9 Å². The zero-order chi connectivity index (χ0) is 16.1. The van der Waals surface area contributed by atoms with Crippen molar-refractivity contribution in [1.82, 2.24) is 24.7 Å². The molecule has 1 aromatic heterocycles. The molecule has 1 N–H and O–H groups in total. The third-order valence-electron chi connectivity index (χ3n) is 4.76. The summed E-state index contributed by atoms with van der Waals surface area (Å²) in [7, 11) is 0. The molecule has 0 aliphatic carbocycles. The zero-order valence-electron chi connectivity index (χ0n) is 13.5. The summed E-state index contributed by atoms with van der Waals surface area (Å²) in [4.78, 5) is 27.4. The number of hydrogen-bond donors (Lipinski definition) is 1. The minimum absolute atomic E-state index is 0.0983. The van der Waals surface area contributed by atoms with Crippen molar-refractivity contribution in [2.45, 2.75) is 18.9 Å². The van der Waals surface area contributed by atoms with Crippen molar-refractivity contribution in [3.63, 3.8) is 0 Å². The standard InChI is InChI=1S/C16H25N5O2/c22-11-10-19-6-8-20(9-7-19)12-16(23)21-5-1-2-15(21)14-3-4-17-13-18-14/h3-4,13,15,22H,1-2,5-12H2/t15-/m0/s1. The van der Waals surface area contributed by atoms with Crippen molar-refractivity contribution in [2.24, 2.45) is 0 Å². The van der Waals surface area contributed by atoms with Crippen LogP contribution in [-0.2, 0) is 4.79 Å². The van der Waals surface area contributed by atoms with Crippen molar-refractivity contribution in [3.05, 3.63) is 24.3 Å². The Labute approximate surface area is 136 Å². The maximum atomic E-state index is 12.7. The molecular formula is C16H25N5O2. The second-order valence-electron chi connectivity index (χ2n) is 6.22. The summed E-state index contributed by atoms with van der Waals surface area (Å²) < 4.78 is 0. The van der Waals surface area contributed by atoms with Gasteiger partial charge in [0.25, 0.3) is 0 Å². The summed E-state index contributed by atoms with van der Waals surface area (Å²) >= 11 is 0. The van der Waals surface area contributed by atoms with E-state index in [1.165, 1.54) is 0 Å². The highest BCUT2D eigenvalue weighted by Gasteiger charge is 2.32. The quantitative estimate of drug-likeness (QED) is 0.807. The number of β-amino-alcohol motifs (C(OH)–C–C–N with tert-alkyl or cyclic N) is 1. The van der Waals surface area contributed by atoms with E-state index < -0.39 is 0 Å². The number of carbonyl (C=O) groups excluding carboxylic acids is 1. The van der Waals surface area contributed by atoms with E-state index in [1.54, 1.807) is 12.5 Å². The molecule has 2 fully saturated rings. The maximum Gasteiger partial charge on any atom is 0.237 e. The molecular weight excluding hydrogens is 294 g/mol. The van der Waals surface area contributed by atoms with Crippen molar-refractivity contribution >= 4 is 5.91 Å². The summed E-state index contributed by atoms with van der Waals surface area (Å²) in [6, 6.07) is 2.00. The van der Waals surface area contributed by atoms with Crippen LogP contribution in [0.5, 0.6) is 0 Å². The summed E-state index contributed by atoms with van der Waals surface area (Å²) in [5, 5.41) is 8.98. The second-order valence-corrected chi connectivity index (χ2v) is 6.22. The number of nitrogens with zero attached hydrogens (tertiary/aromatic N) is 5. The third kappa shape index (κ3) is 4.04. The van der Waals surface area contributed by atoms with Crippen LogP contribution in [0.2, 0.25) is 0 Å². The van der Waals surface area contributed by atoms with Gasteiger partial charge in [-0.1, -0.05) is 0 Å². The normalized spacial score (nSPS) is 23.3. The number of amides is 1. The Kier molecular flexibility index (Phi) is 5.53. The fraction of sp³-hybridized carbons (Fsp3) is 0.688. The molecule has 7 nitrogen and oxygen atoms in total. The summed E-state index contributed by atoms with van der Waals surface area (Å²) in [5.74, 6) is 0.196. The predicted octanol–water partition coefficient (Wildman–Crippen LogP) is -0.250. The molecule has 2 aliphatic heterocycles. The third-order valence-corrected chi connectivity index (χ3v) is 4.76. The van der Waals surface area contributed by atoms with Gasteiger partial charge in [0.1, 0.15) is 6.33 Å². The lowest BCUT2D eigenvalue weighted by Crippen LogP contribution is -2.50. The van der Waals surface area contributed by atoms with Crippen LogP contribution < -0.4 is 0 Å². The van der Waals surface area contributed by atoms with Crippen LogP contribution in [0.25, 0.3) is 0 Å². The topological polar surface area (TPSA) is 72.8 Å². The summed E-state index contributed by atoms with van der Waals surface area (Å²) in [6.45, 7) is 5.84. The summed E-state index contributed by atoms with van der Waals surface area (Å²) in [6.07, 6.45) is 5.30. The van der Waals surface area contributed by atoms with E-state index in [-0.39, 0.29) is 18.6 Å². The van der Waals surface area contributed by atoms with E-state index in [0.29, 0.717) is 6.54 Å². The molecule has 0 spiro atoms. The van der Waals surface area contributed by atoms with Gasteiger partial charge in [-0.3, -0.25) is 14.6 Å². The molecule has 126 valence electrons. The van der Waals surface area contributed by atoms with Crippen LogP contribution in [0.15, 0.2) is 18.6 Å². The Morgan fingerprint density at radius 1 is 1.22 bits per heavy atom. The van der Waals surface area contributed by atoms with Crippen LogP contribution in [-0.4, -0.2) is 88.1 Å². The molecule has 0 bridgehead atoms. The van der Waals surface area contributed by atoms with Gasteiger partial charge in [-0.2, -0.15) is 0 Å². The van der Waals surface area contributed by atoms with Crippen LogP contribution in [0.1, 0.15) is 24.6 Å². The number of aliphatic hydroxyl groups is 1. The van der Waals surface area contributed by atoms with E-state index in [0.717, 1.165) is 57.8 Å². The highest BCUT2D eigenvalue weighted by molar-refractivity contribution is 5.79. The van der Waals surface area contributed by atoms with Crippen LogP contribution in [0.4, 0.5) is 0 Å². The first-order valence-electron chi connectivity index (χ1n) is 8.39. The number of hydrogen-bond acceptors (Lipinski definition) is 6. The van der Waals surface area contributed by atoms with E-state index in [4.69, 9.17) is 5.11 Å². The largest absolute Gasteiger partial charge is 0.395 e. The number of piperazine rings is 1. The zero-order valence-corrected chi connectivity index (χ0v) is 13.5. The SMILES string of the molecule is O=C(CN1CCN(CCO)CC1)N1CCC[C@H]1c1ccncn1. The number of aliphatic hydroxyl groups excluding tert-OH is 1. The molecule has 3 heterocycles. The number of rotatable bonds is 5. The molecule has 0 unspecified atom stereocenters. The Hall–Kier alpha value is -1.57. The molecule has 0 aromatic carbocycles. The lowest BCUT2D eigenvalue weighted by Gasteiger charge is -2.35. The molecule has 23 heavy (non-hydrogen) atoms. The molecule has 1 aromatic rings. The molecule has 1 amide bonds. The van der Waals surface area contributed by atoms with E-state index in [9.17, 15) is 4.79 Å². The Balaban J connectivity index is 1.54. The monoisotopic (exact) mass is 319 g/mol. The van der Waals surface area contributed by atoms with E-state index in [1.807, 2.05) is 11.0 Å². The van der Waals surface area contributed by atoms with Gasteiger partial charge in [0.2, 0.25) is 5.91 Å². The Morgan fingerprint density at radius 3 is 2.70 bits per heavy atom. The average molecular weight is 319 g/mol. The first-order chi connectivity index (χ1) is 11.3. The molecule has 3 rings (SSSR count).